The van der Waals surface area contributed by atoms with E-state index in [2.05, 4.69) is 5.32 Å². The SMILES string of the molecule is COC(=O)C(c1ccc(F)cc1)C1CCCCN1.Cl. The molecule has 1 aliphatic heterocycles. The predicted molar refractivity (Wildman–Crippen MR) is 74.0 cm³/mol. The lowest BCUT2D eigenvalue weighted by Gasteiger charge is -2.30. The average Bonchev–Trinajstić information content (AvgIpc) is 2.42. The van der Waals surface area contributed by atoms with Gasteiger partial charge in [0.1, 0.15) is 5.82 Å². The van der Waals surface area contributed by atoms with E-state index in [1.165, 1.54) is 19.2 Å². The van der Waals surface area contributed by atoms with Crippen molar-refractivity contribution in [3.05, 3.63) is 35.6 Å². The fraction of sp³-hybridized carbons (Fsp3) is 0.500. The Labute approximate surface area is 118 Å². The van der Waals surface area contributed by atoms with Crippen LogP contribution in [0.4, 0.5) is 4.39 Å². The molecule has 1 N–H and O–H groups in total. The van der Waals surface area contributed by atoms with Gasteiger partial charge in [-0.2, -0.15) is 0 Å². The fourth-order valence-corrected chi connectivity index (χ4v) is 2.49. The summed E-state index contributed by atoms with van der Waals surface area (Å²) in [5.41, 5.74) is 0.808. The molecule has 0 amide bonds. The lowest BCUT2D eigenvalue weighted by atomic mass is 9.86. The molecule has 0 spiro atoms. The van der Waals surface area contributed by atoms with Gasteiger partial charge in [0.25, 0.3) is 0 Å². The summed E-state index contributed by atoms with van der Waals surface area (Å²) in [6, 6.07) is 6.17. The normalized spacial score (nSPS) is 20.2. The topological polar surface area (TPSA) is 38.3 Å². The van der Waals surface area contributed by atoms with Gasteiger partial charge in [0.2, 0.25) is 0 Å². The minimum absolute atomic E-state index is 0. The van der Waals surface area contributed by atoms with Crippen molar-refractivity contribution in [1.29, 1.82) is 0 Å². The third-order valence-corrected chi connectivity index (χ3v) is 3.44. The van der Waals surface area contributed by atoms with Gasteiger partial charge in [-0.05, 0) is 37.1 Å². The molecule has 1 heterocycles. The van der Waals surface area contributed by atoms with Crippen molar-refractivity contribution >= 4 is 18.4 Å². The minimum Gasteiger partial charge on any atom is -0.469 e. The van der Waals surface area contributed by atoms with E-state index in [9.17, 15) is 9.18 Å². The number of rotatable bonds is 3. The number of carbonyl (C=O) groups is 1. The van der Waals surface area contributed by atoms with Gasteiger partial charge < -0.3 is 10.1 Å². The maximum absolute atomic E-state index is 12.9. The second kappa shape index (κ2) is 7.46. The molecule has 0 aliphatic carbocycles. The zero-order valence-corrected chi connectivity index (χ0v) is 11.7. The Kier molecular flexibility index (Phi) is 6.25. The van der Waals surface area contributed by atoms with Crippen molar-refractivity contribution in [2.75, 3.05) is 13.7 Å². The Bertz CT molecular complexity index is 404. The molecule has 0 radical (unpaired) electrons. The molecule has 1 aromatic rings. The Morgan fingerprint density at radius 3 is 2.58 bits per heavy atom. The molecular formula is C14H19ClFNO2. The number of halogens is 2. The van der Waals surface area contributed by atoms with Crippen molar-refractivity contribution in [2.24, 2.45) is 0 Å². The second-order valence-electron chi connectivity index (χ2n) is 4.61. The summed E-state index contributed by atoms with van der Waals surface area (Å²) in [6.45, 7) is 0.916. The van der Waals surface area contributed by atoms with Crippen molar-refractivity contribution in [1.82, 2.24) is 5.32 Å². The highest BCUT2D eigenvalue weighted by Crippen LogP contribution is 2.26. The van der Waals surface area contributed by atoms with Gasteiger partial charge in [-0.1, -0.05) is 18.6 Å². The number of benzene rings is 1. The molecule has 1 fully saturated rings. The molecule has 1 aliphatic rings. The maximum Gasteiger partial charge on any atom is 0.314 e. The summed E-state index contributed by atoms with van der Waals surface area (Å²) in [7, 11) is 1.39. The van der Waals surface area contributed by atoms with Crippen LogP contribution in [-0.2, 0) is 9.53 Å². The molecule has 1 aromatic carbocycles. The predicted octanol–water partition coefficient (Wildman–Crippen LogP) is 2.65. The molecular weight excluding hydrogens is 269 g/mol. The van der Waals surface area contributed by atoms with Gasteiger partial charge in [-0.25, -0.2) is 4.39 Å². The molecule has 0 bridgehead atoms. The highest BCUT2D eigenvalue weighted by molar-refractivity contribution is 5.85. The van der Waals surface area contributed by atoms with Crippen LogP contribution in [0.1, 0.15) is 30.7 Å². The number of esters is 1. The smallest absolute Gasteiger partial charge is 0.314 e. The molecule has 3 nitrogen and oxygen atoms in total. The van der Waals surface area contributed by atoms with E-state index in [0.29, 0.717) is 0 Å². The van der Waals surface area contributed by atoms with Crippen LogP contribution in [-0.4, -0.2) is 25.7 Å². The van der Waals surface area contributed by atoms with Crippen LogP contribution < -0.4 is 5.32 Å². The van der Waals surface area contributed by atoms with Crippen molar-refractivity contribution in [3.8, 4) is 0 Å². The molecule has 106 valence electrons. The van der Waals surface area contributed by atoms with Crippen LogP contribution >= 0.6 is 12.4 Å². The summed E-state index contributed by atoms with van der Waals surface area (Å²) in [5.74, 6) is -0.907. The Hall–Kier alpha value is -1.13. The number of hydrogen-bond donors (Lipinski definition) is 1. The zero-order valence-electron chi connectivity index (χ0n) is 10.9. The summed E-state index contributed by atoms with van der Waals surface area (Å²) in [6.07, 6.45) is 3.18. The van der Waals surface area contributed by atoms with E-state index in [1.807, 2.05) is 0 Å². The van der Waals surface area contributed by atoms with Crippen LogP contribution in [0.3, 0.4) is 0 Å². The lowest BCUT2D eigenvalue weighted by molar-refractivity contribution is -0.143. The third kappa shape index (κ3) is 3.91. The van der Waals surface area contributed by atoms with Gasteiger partial charge >= 0.3 is 5.97 Å². The number of hydrogen-bond acceptors (Lipinski definition) is 3. The first-order valence-electron chi connectivity index (χ1n) is 6.29. The van der Waals surface area contributed by atoms with E-state index in [1.54, 1.807) is 12.1 Å². The summed E-state index contributed by atoms with van der Waals surface area (Å²) in [5, 5.41) is 3.35. The number of carbonyl (C=O) groups excluding carboxylic acids is 1. The summed E-state index contributed by atoms with van der Waals surface area (Å²) < 4.78 is 17.8. The van der Waals surface area contributed by atoms with Gasteiger partial charge in [-0.15, -0.1) is 12.4 Å². The van der Waals surface area contributed by atoms with E-state index < -0.39 is 0 Å². The summed E-state index contributed by atoms with van der Waals surface area (Å²) >= 11 is 0. The fourth-order valence-electron chi connectivity index (χ4n) is 2.49. The van der Waals surface area contributed by atoms with E-state index in [4.69, 9.17) is 4.74 Å². The van der Waals surface area contributed by atoms with Crippen molar-refractivity contribution < 1.29 is 13.9 Å². The number of methoxy groups -OCH3 is 1. The van der Waals surface area contributed by atoms with Crippen LogP contribution in [0.15, 0.2) is 24.3 Å². The lowest BCUT2D eigenvalue weighted by Crippen LogP contribution is -2.42. The molecule has 2 rings (SSSR count). The first-order valence-corrected chi connectivity index (χ1v) is 6.29. The molecule has 2 atom stereocenters. The number of nitrogens with one attached hydrogen (secondary N) is 1. The van der Waals surface area contributed by atoms with Crippen molar-refractivity contribution in [2.45, 2.75) is 31.2 Å². The molecule has 19 heavy (non-hydrogen) atoms. The largest absolute Gasteiger partial charge is 0.469 e. The average molecular weight is 288 g/mol. The highest BCUT2D eigenvalue weighted by Gasteiger charge is 2.31. The number of ether oxygens (including phenoxy) is 1. The van der Waals surface area contributed by atoms with Gasteiger partial charge in [-0.3, -0.25) is 4.79 Å². The summed E-state index contributed by atoms with van der Waals surface area (Å²) in [4.78, 5) is 11.9. The molecule has 5 heteroatoms. The monoisotopic (exact) mass is 287 g/mol. The maximum atomic E-state index is 12.9. The molecule has 0 saturated carbocycles. The standard InChI is InChI=1S/C14H18FNO2.ClH/c1-18-14(17)13(12-4-2-3-9-16-12)10-5-7-11(15)8-6-10;/h5-8,12-13,16H,2-4,9H2,1H3;1H. The first-order chi connectivity index (χ1) is 8.72. The second-order valence-corrected chi connectivity index (χ2v) is 4.61. The highest BCUT2D eigenvalue weighted by atomic mass is 35.5. The van der Waals surface area contributed by atoms with Gasteiger partial charge in [0.15, 0.2) is 0 Å². The number of piperidine rings is 1. The molecule has 2 unspecified atom stereocenters. The first kappa shape index (κ1) is 15.9. The van der Waals surface area contributed by atoms with Gasteiger partial charge in [0.05, 0.1) is 13.0 Å². The van der Waals surface area contributed by atoms with E-state index >= 15 is 0 Å². The molecule has 0 aromatic heterocycles. The van der Waals surface area contributed by atoms with Gasteiger partial charge in [0, 0.05) is 6.04 Å². The van der Waals surface area contributed by atoms with E-state index in [-0.39, 0.29) is 36.2 Å². The van der Waals surface area contributed by atoms with Crippen LogP contribution in [0.2, 0.25) is 0 Å². The zero-order chi connectivity index (χ0) is 13.0. The quantitative estimate of drug-likeness (QED) is 0.869. The Morgan fingerprint density at radius 2 is 2.05 bits per heavy atom. The van der Waals surface area contributed by atoms with E-state index in [0.717, 1.165) is 31.4 Å². The third-order valence-electron chi connectivity index (χ3n) is 3.44. The van der Waals surface area contributed by atoms with Crippen molar-refractivity contribution in [3.63, 3.8) is 0 Å². The van der Waals surface area contributed by atoms with Crippen LogP contribution in [0.5, 0.6) is 0 Å². The Balaban J connectivity index is 0.00000180. The molecule has 1 saturated heterocycles. The Morgan fingerprint density at radius 1 is 1.37 bits per heavy atom. The van der Waals surface area contributed by atoms with Crippen LogP contribution in [0, 0.1) is 5.82 Å². The van der Waals surface area contributed by atoms with Crippen LogP contribution in [0.25, 0.3) is 0 Å². The minimum atomic E-state index is -0.351.